The molecule has 23 heavy (non-hydrogen) atoms. The summed E-state index contributed by atoms with van der Waals surface area (Å²) in [7, 11) is 1.80. The zero-order valence-electron chi connectivity index (χ0n) is 13.6. The van der Waals surface area contributed by atoms with Gasteiger partial charge >= 0.3 is 6.03 Å². The zero-order chi connectivity index (χ0) is 16.2. The second-order valence-corrected chi connectivity index (χ2v) is 6.11. The molecule has 1 aliphatic carbocycles. The number of nitrogens with zero attached hydrogens (tertiary/aromatic N) is 3. The highest BCUT2D eigenvalue weighted by Crippen LogP contribution is 2.32. The van der Waals surface area contributed by atoms with Gasteiger partial charge in [0.25, 0.3) is 0 Å². The van der Waals surface area contributed by atoms with Crippen LogP contribution in [-0.4, -0.2) is 26.8 Å². The molecule has 0 unspecified atom stereocenters. The van der Waals surface area contributed by atoms with Crippen LogP contribution in [0.2, 0.25) is 0 Å². The zero-order valence-corrected chi connectivity index (χ0v) is 13.6. The number of amides is 2. The SMILES string of the molecule is Cc1nc(NC(=O)N[C@H]2CCCC[C@@H]2c2ccccc2)nn1C. The quantitative estimate of drug-likeness (QED) is 0.915. The predicted molar refractivity (Wildman–Crippen MR) is 89.3 cm³/mol. The van der Waals surface area contributed by atoms with Gasteiger partial charge in [0.2, 0.25) is 5.95 Å². The number of nitrogens with one attached hydrogen (secondary N) is 2. The summed E-state index contributed by atoms with van der Waals surface area (Å²) < 4.78 is 1.64. The molecular weight excluding hydrogens is 290 g/mol. The van der Waals surface area contributed by atoms with Crippen molar-refractivity contribution in [2.75, 3.05) is 5.32 Å². The van der Waals surface area contributed by atoms with Crippen LogP contribution in [0.4, 0.5) is 10.7 Å². The van der Waals surface area contributed by atoms with Gasteiger partial charge < -0.3 is 5.32 Å². The van der Waals surface area contributed by atoms with Crippen molar-refractivity contribution < 1.29 is 4.79 Å². The maximum absolute atomic E-state index is 12.3. The average molecular weight is 313 g/mol. The van der Waals surface area contributed by atoms with Crippen molar-refractivity contribution in [1.82, 2.24) is 20.1 Å². The summed E-state index contributed by atoms with van der Waals surface area (Å²) in [4.78, 5) is 16.5. The van der Waals surface area contributed by atoms with E-state index >= 15 is 0 Å². The molecule has 1 aromatic carbocycles. The minimum atomic E-state index is -0.233. The molecule has 0 aliphatic heterocycles. The first-order valence-corrected chi connectivity index (χ1v) is 8.13. The van der Waals surface area contributed by atoms with Gasteiger partial charge in [0, 0.05) is 19.0 Å². The number of urea groups is 1. The monoisotopic (exact) mass is 313 g/mol. The third-order valence-electron chi connectivity index (χ3n) is 4.52. The molecule has 2 amide bonds. The Bertz CT molecular complexity index is 647. The molecule has 122 valence electrons. The molecule has 1 heterocycles. The Balaban J connectivity index is 1.65. The summed E-state index contributed by atoms with van der Waals surface area (Å²) in [5, 5.41) is 9.99. The van der Waals surface area contributed by atoms with E-state index in [1.54, 1.807) is 11.7 Å². The third kappa shape index (κ3) is 3.70. The van der Waals surface area contributed by atoms with Crippen LogP contribution in [0.1, 0.15) is 43.0 Å². The number of aromatic nitrogens is 3. The lowest BCUT2D eigenvalue weighted by Gasteiger charge is -2.32. The van der Waals surface area contributed by atoms with Crippen molar-refractivity contribution in [1.29, 1.82) is 0 Å². The van der Waals surface area contributed by atoms with Gasteiger partial charge in [-0.3, -0.25) is 10.00 Å². The molecule has 2 aromatic rings. The number of hydrogen-bond donors (Lipinski definition) is 2. The van der Waals surface area contributed by atoms with Crippen LogP contribution in [0, 0.1) is 6.92 Å². The van der Waals surface area contributed by atoms with Crippen LogP contribution in [0.5, 0.6) is 0 Å². The molecule has 1 aliphatic rings. The fourth-order valence-electron chi connectivity index (χ4n) is 3.22. The molecule has 6 heteroatoms. The predicted octanol–water partition coefficient (Wildman–Crippen LogP) is 2.97. The average Bonchev–Trinajstić information content (AvgIpc) is 2.86. The molecule has 3 rings (SSSR count). The number of rotatable bonds is 3. The number of benzene rings is 1. The molecule has 2 atom stereocenters. The highest BCUT2D eigenvalue weighted by Gasteiger charge is 2.27. The third-order valence-corrected chi connectivity index (χ3v) is 4.52. The van der Waals surface area contributed by atoms with E-state index in [-0.39, 0.29) is 12.1 Å². The molecule has 2 N–H and O–H groups in total. The van der Waals surface area contributed by atoms with Gasteiger partial charge in [-0.15, -0.1) is 5.10 Å². The Kier molecular flexibility index (Phi) is 4.60. The van der Waals surface area contributed by atoms with Crippen molar-refractivity contribution in [2.24, 2.45) is 7.05 Å². The maximum atomic E-state index is 12.3. The van der Waals surface area contributed by atoms with Gasteiger partial charge in [-0.05, 0) is 25.3 Å². The lowest BCUT2D eigenvalue weighted by molar-refractivity contribution is 0.240. The van der Waals surface area contributed by atoms with Crippen LogP contribution in [0.15, 0.2) is 30.3 Å². The summed E-state index contributed by atoms with van der Waals surface area (Å²) in [5.41, 5.74) is 1.30. The summed E-state index contributed by atoms with van der Waals surface area (Å²) in [6, 6.07) is 10.3. The summed E-state index contributed by atoms with van der Waals surface area (Å²) in [6.45, 7) is 1.85. The molecule has 1 aromatic heterocycles. The maximum Gasteiger partial charge on any atom is 0.321 e. The van der Waals surface area contributed by atoms with Gasteiger partial charge in [-0.1, -0.05) is 43.2 Å². The summed E-state index contributed by atoms with van der Waals surface area (Å²) >= 11 is 0. The first-order valence-electron chi connectivity index (χ1n) is 8.13. The van der Waals surface area contributed by atoms with Crippen LogP contribution >= 0.6 is 0 Å². The fourth-order valence-corrected chi connectivity index (χ4v) is 3.22. The van der Waals surface area contributed by atoms with E-state index in [1.807, 2.05) is 13.0 Å². The summed E-state index contributed by atoms with van der Waals surface area (Å²) in [5.74, 6) is 1.48. The van der Waals surface area contributed by atoms with Gasteiger partial charge in [0.05, 0.1) is 0 Å². The van der Waals surface area contributed by atoms with Crippen LogP contribution < -0.4 is 10.6 Å². The Labute approximate surface area is 136 Å². The number of aryl methyl sites for hydroxylation is 2. The second-order valence-electron chi connectivity index (χ2n) is 6.11. The Morgan fingerprint density at radius 1 is 1.22 bits per heavy atom. The van der Waals surface area contributed by atoms with Crippen molar-refractivity contribution >= 4 is 12.0 Å². The highest BCUT2D eigenvalue weighted by molar-refractivity contribution is 5.87. The standard InChI is InChI=1S/C17H23N5O/c1-12-18-16(21-22(12)2)20-17(23)19-15-11-7-6-10-14(15)13-8-4-3-5-9-13/h3-5,8-9,14-15H,6-7,10-11H2,1-2H3,(H2,19,20,21,23)/t14-,15+/m1/s1. The van der Waals surface area contributed by atoms with E-state index in [2.05, 4.69) is 45.0 Å². The van der Waals surface area contributed by atoms with E-state index < -0.39 is 0 Å². The van der Waals surface area contributed by atoms with Crippen molar-refractivity contribution in [3.05, 3.63) is 41.7 Å². The van der Waals surface area contributed by atoms with E-state index in [4.69, 9.17) is 0 Å². The van der Waals surface area contributed by atoms with Crippen molar-refractivity contribution in [3.8, 4) is 0 Å². The summed E-state index contributed by atoms with van der Waals surface area (Å²) in [6.07, 6.45) is 4.47. The topological polar surface area (TPSA) is 71.8 Å². The molecule has 1 fully saturated rings. The van der Waals surface area contributed by atoms with Gasteiger partial charge in [-0.2, -0.15) is 4.98 Å². The molecule has 0 bridgehead atoms. The molecular formula is C17H23N5O. The van der Waals surface area contributed by atoms with Crippen molar-refractivity contribution in [2.45, 2.75) is 44.6 Å². The van der Waals surface area contributed by atoms with E-state index in [9.17, 15) is 4.79 Å². The minimum Gasteiger partial charge on any atom is -0.334 e. The van der Waals surface area contributed by atoms with Crippen LogP contribution in [0.3, 0.4) is 0 Å². The number of carbonyl (C=O) groups is 1. The number of anilines is 1. The van der Waals surface area contributed by atoms with Crippen LogP contribution in [0.25, 0.3) is 0 Å². The molecule has 6 nitrogen and oxygen atoms in total. The number of carbonyl (C=O) groups excluding carboxylic acids is 1. The number of hydrogen-bond acceptors (Lipinski definition) is 3. The highest BCUT2D eigenvalue weighted by atomic mass is 16.2. The first-order chi connectivity index (χ1) is 11.1. The largest absolute Gasteiger partial charge is 0.334 e. The lowest BCUT2D eigenvalue weighted by Crippen LogP contribution is -2.43. The van der Waals surface area contributed by atoms with E-state index in [1.165, 1.54) is 12.0 Å². The van der Waals surface area contributed by atoms with Gasteiger partial charge in [-0.25, -0.2) is 4.79 Å². The second kappa shape index (κ2) is 6.81. The fraction of sp³-hybridized carbons (Fsp3) is 0.471. The molecule has 0 saturated heterocycles. The van der Waals surface area contributed by atoms with Gasteiger partial charge in [0.15, 0.2) is 0 Å². The normalized spacial score (nSPS) is 21.0. The van der Waals surface area contributed by atoms with Gasteiger partial charge in [0.1, 0.15) is 5.82 Å². The molecule has 1 saturated carbocycles. The molecule has 0 spiro atoms. The Morgan fingerprint density at radius 2 is 1.96 bits per heavy atom. The Hall–Kier alpha value is -2.37. The minimum absolute atomic E-state index is 0.149. The smallest absolute Gasteiger partial charge is 0.321 e. The molecule has 0 radical (unpaired) electrons. The van der Waals surface area contributed by atoms with Crippen molar-refractivity contribution in [3.63, 3.8) is 0 Å². The van der Waals surface area contributed by atoms with E-state index in [0.717, 1.165) is 25.1 Å². The van der Waals surface area contributed by atoms with E-state index in [0.29, 0.717) is 11.9 Å². The lowest BCUT2D eigenvalue weighted by atomic mass is 9.80. The first kappa shape index (κ1) is 15.5. The Morgan fingerprint density at radius 3 is 2.65 bits per heavy atom. The van der Waals surface area contributed by atoms with Crippen LogP contribution in [-0.2, 0) is 7.05 Å².